The van der Waals surface area contributed by atoms with Gasteiger partial charge >= 0.3 is 6.03 Å². The quantitative estimate of drug-likeness (QED) is 0.780. The standard InChI is InChI=1S/C21H23N3O4/c1-4-28-18-8-6-5-7-17(18)22-19(25)13-23-20(26)15(3)24(21(23)27)16-11-9-14(2)10-12-16/h5-12,15H,4,13H2,1-3H3,(H,22,25)/t15-/m1/s1. The average Bonchev–Trinajstić information content (AvgIpc) is 2.88. The van der Waals surface area contributed by atoms with Gasteiger partial charge in [-0.1, -0.05) is 29.8 Å². The molecule has 1 fully saturated rings. The summed E-state index contributed by atoms with van der Waals surface area (Å²) in [6, 6.07) is 13.2. The second-order valence-electron chi connectivity index (χ2n) is 6.57. The highest BCUT2D eigenvalue weighted by Crippen LogP contribution is 2.27. The van der Waals surface area contributed by atoms with Crippen LogP contribution in [0.1, 0.15) is 19.4 Å². The minimum atomic E-state index is -0.668. The van der Waals surface area contributed by atoms with E-state index < -0.39 is 23.9 Å². The van der Waals surface area contributed by atoms with Crippen LogP contribution >= 0.6 is 0 Å². The van der Waals surface area contributed by atoms with Gasteiger partial charge in [0, 0.05) is 5.69 Å². The van der Waals surface area contributed by atoms with Crippen molar-refractivity contribution in [3.63, 3.8) is 0 Å². The Labute approximate surface area is 163 Å². The summed E-state index contributed by atoms with van der Waals surface area (Å²) in [5.74, 6) is -0.335. The molecule has 146 valence electrons. The van der Waals surface area contributed by atoms with E-state index in [1.807, 2.05) is 26.0 Å². The molecule has 28 heavy (non-hydrogen) atoms. The van der Waals surface area contributed by atoms with Gasteiger partial charge in [-0.2, -0.15) is 0 Å². The molecule has 4 amide bonds. The van der Waals surface area contributed by atoms with Gasteiger partial charge in [0.15, 0.2) is 0 Å². The summed E-state index contributed by atoms with van der Waals surface area (Å²) < 4.78 is 5.48. The van der Waals surface area contributed by atoms with Gasteiger partial charge in [0.05, 0.1) is 12.3 Å². The van der Waals surface area contributed by atoms with E-state index in [-0.39, 0.29) is 6.54 Å². The molecule has 1 N–H and O–H groups in total. The normalized spacial score (nSPS) is 16.5. The Bertz CT molecular complexity index is 895. The fourth-order valence-corrected chi connectivity index (χ4v) is 3.10. The Morgan fingerprint density at radius 3 is 2.46 bits per heavy atom. The Kier molecular flexibility index (Phi) is 5.63. The predicted molar refractivity (Wildman–Crippen MR) is 106 cm³/mol. The van der Waals surface area contributed by atoms with Gasteiger partial charge < -0.3 is 10.1 Å². The lowest BCUT2D eigenvalue weighted by Gasteiger charge is -2.19. The summed E-state index contributed by atoms with van der Waals surface area (Å²) in [7, 11) is 0. The molecule has 1 saturated heterocycles. The summed E-state index contributed by atoms with van der Waals surface area (Å²) in [5, 5.41) is 2.71. The van der Waals surface area contributed by atoms with Gasteiger partial charge in [-0.25, -0.2) is 4.79 Å². The Morgan fingerprint density at radius 2 is 1.79 bits per heavy atom. The van der Waals surface area contributed by atoms with Crippen molar-refractivity contribution in [2.24, 2.45) is 0 Å². The van der Waals surface area contributed by atoms with Crippen LogP contribution in [-0.2, 0) is 9.59 Å². The highest BCUT2D eigenvalue weighted by molar-refractivity contribution is 6.16. The molecule has 0 radical (unpaired) electrons. The molecular formula is C21H23N3O4. The molecule has 0 saturated carbocycles. The van der Waals surface area contributed by atoms with Crippen molar-refractivity contribution in [2.75, 3.05) is 23.4 Å². The third kappa shape index (κ3) is 3.83. The number of hydrogen-bond acceptors (Lipinski definition) is 4. The van der Waals surface area contributed by atoms with Crippen molar-refractivity contribution in [1.82, 2.24) is 4.90 Å². The Morgan fingerprint density at radius 1 is 1.11 bits per heavy atom. The molecule has 0 aromatic heterocycles. The number of carbonyl (C=O) groups is 3. The molecule has 2 aromatic carbocycles. The second kappa shape index (κ2) is 8.12. The van der Waals surface area contributed by atoms with Gasteiger partial charge in [0.2, 0.25) is 5.91 Å². The highest BCUT2D eigenvalue weighted by Gasteiger charge is 2.44. The van der Waals surface area contributed by atoms with Crippen LogP contribution in [0.15, 0.2) is 48.5 Å². The Hall–Kier alpha value is -3.35. The van der Waals surface area contributed by atoms with Gasteiger partial charge in [-0.3, -0.25) is 19.4 Å². The molecule has 2 aromatic rings. The van der Waals surface area contributed by atoms with Crippen LogP contribution in [0.5, 0.6) is 5.75 Å². The van der Waals surface area contributed by atoms with Crippen LogP contribution in [0.2, 0.25) is 0 Å². The third-order valence-electron chi connectivity index (χ3n) is 4.52. The topological polar surface area (TPSA) is 79.0 Å². The van der Waals surface area contributed by atoms with E-state index in [0.29, 0.717) is 23.7 Å². The molecular weight excluding hydrogens is 358 g/mol. The van der Waals surface area contributed by atoms with Crippen LogP contribution in [0, 0.1) is 6.92 Å². The first-order valence-electron chi connectivity index (χ1n) is 9.15. The third-order valence-corrected chi connectivity index (χ3v) is 4.52. The lowest BCUT2D eigenvalue weighted by Crippen LogP contribution is -2.39. The number of rotatable bonds is 6. The number of ether oxygens (including phenoxy) is 1. The number of urea groups is 1. The van der Waals surface area contributed by atoms with E-state index in [9.17, 15) is 14.4 Å². The zero-order chi connectivity index (χ0) is 20.3. The number of aryl methyl sites for hydroxylation is 1. The molecule has 0 bridgehead atoms. The lowest BCUT2D eigenvalue weighted by molar-refractivity contribution is -0.130. The van der Waals surface area contributed by atoms with Crippen molar-refractivity contribution in [3.05, 3.63) is 54.1 Å². The first-order chi connectivity index (χ1) is 13.4. The van der Waals surface area contributed by atoms with Crippen LogP contribution in [0.4, 0.5) is 16.2 Å². The smallest absolute Gasteiger partial charge is 0.332 e. The summed E-state index contributed by atoms with van der Waals surface area (Å²) in [5.41, 5.74) is 2.18. The maximum atomic E-state index is 12.8. The monoisotopic (exact) mass is 381 g/mol. The van der Waals surface area contributed by atoms with Crippen molar-refractivity contribution < 1.29 is 19.1 Å². The van der Waals surface area contributed by atoms with Crippen LogP contribution < -0.4 is 15.0 Å². The van der Waals surface area contributed by atoms with Crippen molar-refractivity contribution in [2.45, 2.75) is 26.8 Å². The summed E-state index contributed by atoms with van der Waals surface area (Å²) in [6.45, 7) is 5.55. The van der Waals surface area contributed by atoms with Crippen molar-refractivity contribution in [1.29, 1.82) is 0 Å². The fraction of sp³-hybridized carbons (Fsp3) is 0.286. The molecule has 1 aliphatic rings. The Balaban J connectivity index is 1.73. The number of nitrogens with zero attached hydrogens (tertiary/aromatic N) is 2. The highest BCUT2D eigenvalue weighted by atomic mass is 16.5. The fourth-order valence-electron chi connectivity index (χ4n) is 3.10. The van der Waals surface area contributed by atoms with E-state index in [2.05, 4.69) is 5.32 Å². The summed E-state index contributed by atoms with van der Waals surface area (Å²) in [6.07, 6.45) is 0. The van der Waals surface area contributed by atoms with Crippen LogP contribution in [0.3, 0.4) is 0 Å². The molecule has 1 atom stereocenters. The minimum absolute atomic E-state index is 0.356. The molecule has 1 heterocycles. The number of imide groups is 1. The van der Waals surface area contributed by atoms with E-state index in [4.69, 9.17) is 4.74 Å². The molecule has 0 aliphatic carbocycles. The van der Waals surface area contributed by atoms with E-state index >= 15 is 0 Å². The molecule has 7 heteroatoms. The number of para-hydroxylation sites is 2. The van der Waals surface area contributed by atoms with E-state index in [1.54, 1.807) is 43.3 Å². The van der Waals surface area contributed by atoms with Gasteiger partial charge in [-0.15, -0.1) is 0 Å². The number of carbonyl (C=O) groups excluding carboxylic acids is 3. The van der Waals surface area contributed by atoms with Crippen molar-refractivity contribution in [3.8, 4) is 5.75 Å². The van der Waals surface area contributed by atoms with Gasteiger partial charge in [0.1, 0.15) is 18.3 Å². The van der Waals surface area contributed by atoms with Gasteiger partial charge in [-0.05, 0) is 45.0 Å². The molecule has 0 spiro atoms. The second-order valence-corrected chi connectivity index (χ2v) is 6.57. The number of anilines is 2. The minimum Gasteiger partial charge on any atom is -0.492 e. The van der Waals surface area contributed by atoms with E-state index in [1.165, 1.54) is 4.90 Å². The predicted octanol–water partition coefficient (Wildman–Crippen LogP) is 3.19. The molecule has 7 nitrogen and oxygen atoms in total. The lowest BCUT2D eigenvalue weighted by atomic mass is 10.2. The summed E-state index contributed by atoms with van der Waals surface area (Å²) >= 11 is 0. The van der Waals surface area contributed by atoms with Crippen molar-refractivity contribution >= 4 is 29.2 Å². The van der Waals surface area contributed by atoms with Crippen LogP contribution in [0.25, 0.3) is 0 Å². The first kappa shape index (κ1) is 19.4. The average molecular weight is 381 g/mol. The molecule has 1 aliphatic heterocycles. The zero-order valence-electron chi connectivity index (χ0n) is 16.1. The van der Waals surface area contributed by atoms with Gasteiger partial charge in [0.25, 0.3) is 5.91 Å². The van der Waals surface area contributed by atoms with Crippen LogP contribution in [-0.4, -0.2) is 41.9 Å². The number of hydrogen-bond donors (Lipinski definition) is 1. The number of nitrogens with one attached hydrogen (secondary N) is 1. The largest absolute Gasteiger partial charge is 0.492 e. The molecule has 3 rings (SSSR count). The molecule has 0 unspecified atom stereocenters. The number of benzene rings is 2. The maximum absolute atomic E-state index is 12.8. The van der Waals surface area contributed by atoms with E-state index in [0.717, 1.165) is 10.5 Å². The zero-order valence-corrected chi connectivity index (χ0v) is 16.1. The SMILES string of the molecule is CCOc1ccccc1NC(=O)CN1C(=O)[C@@H](C)N(c2ccc(C)cc2)C1=O. The summed E-state index contributed by atoms with van der Waals surface area (Å²) in [4.78, 5) is 40.2. The maximum Gasteiger partial charge on any atom is 0.332 e. The first-order valence-corrected chi connectivity index (χ1v) is 9.15. The number of amides is 4.